The number of ether oxygens (including phenoxy) is 1. The fourth-order valence-corrected chi connectivity index (χ4v) is 4.89. The molecule has 0 aromatic carbocycles. The first-order valence-corrected chi connectivity index (χ1v) is 10.6. The quantitative estimate of drug-likeness (QED) is 0.790. The number of amides is 1. The number of nitrogens with zero attached hydrogens (tertiary/aromatic N) is 3. The minimum Gasteiger partial charge on any atom is -0.379 e. The molecule has 0 aliphatic carbocycles. The van der Waals surface area contributed by atoms with Crippen molar-refractivity contribution < 1.29 is 9.53 Å². The summed E-state index contributed by atoms with van der Waals surface area (Å²) in [5.41, 5.74) is 0.951. The van der Waals surface area contributed by atoms with E-state index in [4.69, 9.17) is 4.74 Å². The molecule has 27 heavy (non-hydrogen) atoms. The summed E-state index contributed by atoms with van der Waals surface area (Å²) in [4.78, 5) is 25.6. The van der Waals surface area contributed by atoms with Gasteiger partial charge in [-0.1, -0.05) is 6.42 Å². The summed E-state index contributed by atoms with van der Waals surface area (Å²) in [5.74, 6) is 0.791. The van der Waals surface area contributed by atoms with Gasteiger partial charge >= 0.3 is 0 Å². The Kier molecular flexibility index (Phi) is 5.85. The van der Waals surface area contributed by atoms with E-state index >= 15 is 0 Å². The number of thiophene rings is 1. The summed E-state index contributed by atoms with van der Waals surface area (Å²) in [6.07, 6.45) is 6.40. The van der Waals surface area contributed by atoms with Crippen LogP contribution in [0.5, 0.6) is 0 Å². The second-order valence-corrected chi connectivity index (χ2v) is 8.32. The molecular formula is C19H27N5O2S. The number of likely N-dealkylation sites (tertiary alicyclic amines) is 1. The Labute approximate surface area is 163 Å². The second-order valence-electron chi connectivity index (χ2n) is 7.32. The molecule has 1 atom stereocenters. The Balaban J connectivity index is 1.46. The van der Waals surface area contributed by atoms with Crippen molar-refractivity contribution in [2.45, 2.75) is 38.6 Å². The second kappa shape index (κ2) is 8.50. The number of aryl methyl sites for hydroxylation is 1. The standard InChI is InChI=1S/C19H27N5O2S/c1-13-15-17(20-6-9-24-7-3-2-4-8-24)21-12-22-19(15)27-16(13)18(25)23-14-5-10-26-11-14/h12,14H,2-11H2,1H3,(H,23,25)(H,20,21,22). The van der Waals surface area contributed by atoms with Crippen LogP contribution in [0.25, 0.3) is 10.2 Å². The van der Waals surface area contributed by atoms with Crippen molar-refractivity contribution in [3.05, 3.63) is 16.8 Å². The predicted octanol–water partition coefficient (Wildman–Crippen LogP) is 2.42. The Bertz CT molecular complexity index is 797. The van der Waals surface area contributed by atoms with Gasteiger partial charge in [0.05, 0.1) is 22.9 Å². The zero-order valence-corrected chi connectivity index (χ0v) is 16.6. The summed E-state index contributed by atoms with van der Waals surface area (Å²) in [6, 6.07) is 0.107. The maximum Gasteiger partial charge on any atom is 0.262 e. The van der Waals surface area contributed by atoms with E-state index in [2.05, 4.69) is 25.5 Å². The third-order valence-corrected chi connectivity index (χ3v) is 6.57. The van der Waals surface area contributed by atoms with Crippen LogP contribution in [0.3, 0.4) is 0 Å². The van der Waals surface area contributed by atoms with Gasteiger partial charge in [-0.2, -0.15) is 0 Å². The molecule has 2 N–H and O–H groups in total. The van der Waals surface area contributed by atoms with Crippen molar-refractivity contribution in [1.82, 2.24) is 20.2 Å². The van der Waals surface area contributed by atoms with Crippen molar-refractivity contribution in [3.8, 4) is 0 Å². The van der Waals surface area contributed by atoms with Gasteiger partial charge in [0.1, 0.15) is 17.0 Å². The van der Waals surface area contributed by atoms with E-state index in [1.54, 1.807) is 6.33 Å². The molecule has 0 spiro atoms. The van der Waals surface area contributed by atoms with Crippen LogP contribution in [-0.4, -0.2) is 66.2 Å². The molecule has 4 heterocycles. The van der Waals surface area contributed by atoms with Crippen LogP contribution in [0.1, 0.15) is 40.9 Å². The molecule has 146 valence electrons. The number of piperidine rings is 1. The van der Waals surface area contributed by atoms with Crippen LogP contribution in [0.15, 0.2) is 6.33 Å². The van der Waals surface area contributed by atoms with Gasteiger partial charge in [-0.15, -0.1) is 11.3 Å². The lowest BCUT2D eigenvalue weighted by Gasteiger charge is -2.26. The van der Waals surface area contributed by atoms with Crippen molar-refractivity contribution in [3.63, 3.8) is 0 Å². The molecule has 0 radical (unpaired) electrons. The first-order chi connectivity index (χ1) is 13.2. The summed E-state index contributed by atoms with van der Waals surface area (Å²) in [7, 11) is 0. The van der Waals surface area contributed by atoms with E-state index < -0.39 is 0 Å². The Morgan fingerprint density at radius 3 is 2.96 bits per heavy atom. The van der Waals surface area contributed by atoms with Crippen LogP contribution in [0.4, 0.5) is 5.82 Å². The summed E-state index contributed by atoms with van der Waals surface area (Å²) >= 11 is 1.44. The van der Waals surface area contributed by atoms with E-state index in [1.807, 2.05) is 6.92 Å². The van der Waals surface area contributed by atoms with Crippen molar-refractivity contribution in [2.75, 3.05) is 44.7 Å². The van der Waals surface area contributed by atoms with Gasteiger partial charge in [0.2, 0.25) is 0 Å². The average molecular weight is 390 g/mol. The highest BCUT2D eigenvalue weighted by Gasteiger charge is 2.23. The third kappa shape index (κ3) is 4.23. The molecule has 7 nitrogen and oxygen atoms in total. The number of carbonyl (C=O) groups excluding carboxylic acids is 1. The highest BCUT2D eigenvalue weighted by molar-refractivity contribution is 7.20. The third-order valence-electron chi connectivity index (χ3n) is 5.37. The molecule has 0 bridgehead atoms. The van der Waals surface area contributed by atoms with Gasteiger partial charge in [0.25, 0.3) is 5.91 Å². The molecule has 2 aromatic heterocycles. The number of anilines is 1. The molecule has 2 saturated heterocycles. The molecule has 8 heteroatoms. The molecule has 4 rings (SSSR count). The lowest BCUT2D eigenvalue weighted by atomic mass is 10.1. The van der Waals surface area contributed by atoms with Gasteiger partial charge in [0, 0.05) is 19.7 Å². The first-order valence-electron chi connectivity index (χ1n) is 9.81. The summed E-state index contributed by atoms with van der Waals surface area (Å²) < 4.78 is 5.35. The van der Waals surface area contributed by atoms with Crippen molar-refractivity contribution in [2.24, 2.45) is 0 Å². The maximum atomic E-state index is 12.7. The lowest BCUT2D eigenvalue weighted by Crippen LogP contribution is -2.34. The van der Waals surface area contributed by atoms with Gasteiger partial charge in [-0.05, 0) is 44.8 Å². The molecule has 1 amide bonds. The molecule has 1 unspecified atom stereocenters. The fraction of sp³-hybridized carbons (Fsp3) is 0.632. The summed E-state index contributed by atoms with van der Waals surface area (Å²) in [6.45, 7) is 7.54. The van der Waals surface area contributed by atoms with Crippen LogP contribution in [-0.2, 0) is 4.74 Å². The lowest BCUT2D eigenvalue weighted by molar-refractivity contribution is 0.0933. The van der Waals surface area contributed by atoms with Gasteiger partial charge in [-0.3, -0.25) is 4.79 Å². The van der Waals surface area contributed by atoms with Crippen LogP contribution in [0.2, 0.25) is 0 Å². The van der Waals surface area contributed by atoms with E-state index in [0.29, 0.717) is 13.2 Å². The number of fused-ring (bicyclic) bond motifs is 1. The molecule has 2 aromatic rings. The molecule has 2 aliphatic rings. The normalized spacial score (nSPS) is 20.9. The number of nitrogens with one attached hydrogen (secondary N) is 2. The molecule has 2 fully saturated rings. The number of rotatable bonds is 6. The zero-order chi connectivity index (χ0) is 18.6. The highest BCUT2D eigenvalue weighted by Crippen LogP contribution is 2.33. The number of hydrogen-bond acceptors (Lipinski definition) is 7. The van der Waals surface area contributed by atoms with Crippen molar-refractivity contribution in [1.29, 1.82) is 0 Å². The monoisotopic (exact) mass is 389 g/mol. The highest BCUT2D eigenvalue weighted by atomic mass is 32.1. The number of aromatic nitrogens is 2. The number of hydrogen-bond donors (Lipinski definition) is 2. The van der Waals surface area contributed by atoms with Crippen LogP contribution >= 0.6 is 11.3 Å². The predicted molar refractivity (Wildman–Crippen MR) is 108 cm³/mol. The topological polar surface area (TPSA) is 79.4 Å². The summed E-state index contributed by atoms with van der Waals surface area (Å²) in [5, 5.41) is 7.50. The molecule has 2 aliphatic heterocycles. The largest absolute Gasteiger partial charge is 0.379 e. The Morgan fingerprint density at radius 2 is 2.19 bits per heavy atom. The first kappa shape index (κ1) is 18.6. The van der Waals surface area contributed by atoms with Crippen molar-refractivity contribution >= 4 is 33.3 Å². The SMILES string of the molecule is Cc1c(C(=O)NC2CCOC2)sc2ncnc(NCCN3CCCCC3)c12. The van der Waals surface area contributed by atoms with Gasteiger partial charge in [0.15, 0.2) is 0 Å². The number of carbonyl (C=O) groups is 1. The smallest absolute Gasteiger partial charge is 0.262 e. The maximum absolute atomic E-state index is 12.7. The average Bonchev–Trinajstić information content (AvgIpc) is 3.31. The molecular weight excluding hydrogens is 362 g/mol. The van der Waals surface area contributed by atoms with E-state index in [-0.39, 0.29) is 11.9 Å². The Morgan fingerprint density at radius 1 is 1.33 bits per heavy atom. The van der Waals surface area contributed by atoms with Gasteiger partial charge in [-0.25, -0.2) is 9.97 Å². The van der Waals surface area contributed by atoms with E-state index in [0.717, 1.165) is 46.0 Å². The van der Waals surface area contributed by atoms with Gasteiger partial charge < -0.3 is 20.3 Å². The zero-order valence-electron chi connectivity index (χ0n) is 15.8. The Hall–Kier alpha value is -1.77. The van der Waals surface area contributed by atoms with Crippen LogP contribution < -0.4 is 10.6 Å². The molecule has 0 saturated carbocycles. The minimum atomic E-state index is -0.0368. The van der Waals surface area contributed by atoms with Crippen LogP contribution in [0, 0.1) is 6.92 Å². The minimum absolute atomic E-state index is 0.0368. The van der Waals surface area contributed by atoms with E-state index in [9.17, 15) is 4.79 Å². The fourth-order valence-electron chi connectivity index (χ4n) is 3.84. The van der Waals surface area contributed by atoms with E-state index in [1.165, 1.54) is 43.7 Å².